The fraction of sp³-hybridized carbons (Fsp3) is 0.556. The Morgan fingerprint density at radius 1 is 0.889 bits per heavy atom. The van der Waals surface area contributed by atoms with Gasteiger partial charge in [0.1, 0.15) is 0 Å². The van der Waals surface area contributed by atoms with Gasteiger partial charge in [0.15, 0.2) is 0 Å². The molecule has 0 radical (unpaired) electrons. The summed E-state index contributed by atoms with van der Waals surface area (Å²) in [6.07, 6.45) is 3.50. The molecule has 0 atom stereocenters. The first-order valence-electron chi connectivity index (χ1n) is 2.97. The molecule has 0 unspecified atom stereocenters. The molecule has 0 fully saturated rings. The van der Waals surface area contributed by atoms with Crippen molar-refractivity contribution in [3.05, 3.63) is 25.3 Å². The molecular formula is C9H22. The largest absolute Gasteiger partial charge is 0.103 e. The number of rotatable bonds is 0. The molecule has 0 aliphatic carbocycles. The van der Waals surface area contributed by atoms with Crippen molar-refractivity contribution < 1.29 is 0 Å². The van der Waals surface area contributed by atoms with E-state index in [9.17, 15) is 0 Å². The lowest BCUT2D eigenvalue weighted by molar-refractivity contribution is 1.50. The van der Waals surface area contributed by atoms with Crippen LogP contribution in [-0.2, 0) is 0 Å². The molecule has 0 heteroatoms. The summed E-state index contributed by atoms with van der Waals surface area (Å²) in [4.78, 5) is 0. The van der Waals surface area contributed by atoms with Gasteiger partial charge in [-0.05, 0) is 13.8 Å². The van der Waals surface area contributed by atoms with Crippen LogP contribution in [0.3, 0.4) is 0 Å². The SMILES string of the molecule is C.C=CC.C=CC.CC. The fourth-order valence-corrected chi connectivity index (χ4v) is 0. The molecule has 0 N–H and O–H groups in total. The third-order valence-corrected chi connectivity index (χ3v) is 0. The highest BCUT2D eigenvalue weighted by Crippen LogP contribution is 1.38. The Balaban J connectivity index is -0.0000000202. The van der Waals surface area contributed by atoms with Gasteiger partial charge >= 0.3 is 0 Å². The zero-order valence-electron chi connectivity index (χ0n) is 6.57. The van der Waals surface area contributed by atoms with E-state index in [2.05, 4.69) is 13.2 Å². The van der Waals surface area contributed by atoms with Crippen LogP contribution in [0.4, 0.5) is 0 Å². The monoisotopic (exact) mass is 130 g/mol. The van der Waals surface area contributed by atoms with Crippen LogP contribution < -0.4 is 0 Å². The highest BCUT2D eigenvalue weighted by Gasteiger charge is 1.15. The predicted molar refractivity (Wildman–Crippen MR) is 49.8 cm³/mol. The van der Waals surface area contributed by atoms with Gasteiger partial charge in [-0.3, -0.25) is 0 Å². The Labute approximate surface area is 61.3 Å². The molecule has 0 aliphatic rings. The summed E-state index contributed by atoms with van der Waals surface area (Å²) in [5, 5.41) is 0. The fourth-order valence-electron chi connectivity index (χ4n) is 0. The standard InChI is InChI=1S/2C3H6.C2H6.CH4/c2*1-3-2;1-2;/h2*3H,1H2,2H3;1-2H3;1H4. The molecule has 58 valence electrons. The molecule has 0 bridgehead atoms. The Kier molecular flexibility index (Phi) is 377. The van der Waals surface area contributed by atoms with Crippen LogP contribution in [0.25, 0.3) is 0 Å². The molecule has 9 heavy (non-hydrogen) atoms. The van der Waals surface area contributed by atoms with Gasteiger partial charge in [-0.15, -0.1) is 13.2 Å². The van der Waals surface area contributed by atoms with Gasteiger partial charge in [0.05, 0.1) is 0 Å². The maximum atomic E-state index is 3.36. The van der Waals surface area contributed by atoms with E-state index in [1.165, 1.54) is 0 Å². The topological polar surface area (TPSA) is 0 Å². The number of hydrogen-bond donors (Lipinski definition) is 0. The van der Waals surface area contributed by atoms with Gasteiger partial charge < -0.3 is 0 Å². The van der Waals surface area contributed by atoms with Crippen molar-refractivity contribution in [2.24, 2.45) is 0 Å². The minimum atomic E-state index is 0. The molecular weight excluding hydrogens is 108 g/mol. The lowest BCUT2D eigenvalue weighted by atomic mass is 10.8. The van der Waals surface area contributed by atoms with E-state index >= 15 is 0 Å². The molecule has 0 saturated heterocycles. The second kappa shape index (κ2) is 143. The van der Waals surface area contributed by atoms with E-state index in [0.29, 0.717) is 0 Å². The van der Waals surface area contributed by atoms with E-state index in [-0.39, 0.29) is 7.43 Å². The Morgan fingerprint density at radius 3 is 0.889 bits per heavy atom. The van der Waals surface area contributed by atoms with Gasteiger partial charge in [0.2, 0.25) is 0 Å². The summed E-state index contributed by atoms with van der Waals surface area (Å²) in [5.41, 5.74) is 0. The van der Waals surface area contributed by atoms with Gasteiger partial charge in [-0.1, -0.05) is 33.4 Å². The van der Waals surface area contributed by atoms with Crippen molar-refractivity contribution in [1.29, 1.82) is 0 Å². The van der Waals surface area contributed by atoms with Crippen LogP contribution in [0, 0.1) is 0 Å². The van der Waals surface area contributed by atoms with Crippen molar-refractivity contribution >= 4 is 0 Å². The first-order chi connectivity index (χ1) is 3.83. The average molecular weight is 130 g/mol. The minimum absolute atomic E-state index is 0. The van der Waals surface area contributed by atoms with E-state index < -0.39 is 0 Å². The summed E-state index contributed by atoms with van der Waals surface area (Å²) in [5.74, 6) is 0. The summed E-state index contributed by atoms with van der Waals surface area (Å²) in [7, 11) is 0. The van der Waals surface area contributed by atoms with E-state index in [1.807, 2.05) is 27.7 Å². The zero-order valence-corrected chi connectivity index (χ0v) is 6.57. The number of hydrogen-bond acceptors (Lipinski definition) is 0. The summed E-state index contributed by atoms with van der Waals surface area (Å²) >= 11 is 0. The maximum absolute atomic E-state index is 3.36. The van der Waals surface area contributed by atoms with Gasteiger partial charge in [0, 0.05) is 0 Å². The van der Waals surface area contributed by atoms with Gasteiger partial charge in [-0.2, -0.15) is 0 Å². The lowest BCUT2D eigenvalue weighted by Gasteiger charge is -1.31. The Morgan fingerprint density at radius 2 is 0.889 bits per heavy atom. The van der Waals surface area contributed by atoms with Crippen LogP contribution in [0.15, 0.2) is 25.3 Å². The third kappa shape index (κ3) is 831. The van der Waals surface area contributed by atoms with Crippen molar-refractivity contribution in [2.75, 3.05) is 0 Å². The van der Waals surface area contributed by atoms with Gasteiger partial charge in [-0.25, -0.2) is 0 Å². The summed E-state index contributed by atoms with van der Waals surface area (Å²) in [6.45, 7) is 14.5. The van der Waals surface area contributed by atoms with E-state index in [4.69, 9.17) is 0 Å². The minimum Gasteiger partial charge on any atom is -0.103 e. The van der Waals surface area contributed by atoms with Crippen LogP contribution >= 0.6 is 0 Å². The van der Waals surface area contributed by atoms with E-state index in [0.717, 1.165) is 0 Å². The molecule has 0 spiro atoms. The molecule has 0 aromatic rings. The van der Waals surface area contributed by atoms with Crippen molar-refractivity contribution in [1.82, 2.24) is 0 Å². The highest BCUT2D eigenvalue weighted by atomic mass is 13.2. The second-order valence-electron chi connectivity index (χ2n) is 0.816. The predicted octanol–water partition coefficient (Wildman–Crippen LogP) is 4.05. The third-order valence-electron chi connectivity index (χ3n) is 0. The maximum Gasteiger partial charge on any atom is -0.0473 e. The van der Waals surface area contributed by atoms with Crippen LogP contribution in [-0.4, -0.2) is 0 Å². The molecule has 0 heterocycles. The quantitative estimate of drug-likeness (QED) is 0.434. The smallest absolute Gasteiger partial charge is 0.0473 e. The highest BCUT2D eigenvalue weighted by molar-refractivity contribution is 4.51. The second-order valence-corrected chi connectivity index (χ2v) is 0.816. The molecule has 0 aromatic heterocycles. The molecule has 0 nitrogen and oxygen atoms in total. The summed E-state index contributed by atoms with van der Waals surface area (Å²) in [6, 6.07) is 0. The molecule has 0 rings (SSSR count). The molecule has 0 amide bonds. The number of allylic oxidation sites excluding steroid dienone is 2. The zero-order chi connectivity index (χ0) is 7.41. The van der Waals surface area contributed by atoms with Gasteiger partial charge in [0.25, 0.3) is 0 Å². The normalized spacial score (nSPS) is 3.56. The van der Waals surface area contributed by atoms with Crippen LogP contribution in [0.1, 0.15) is 35.1 Å². The Bertz CT molecular complexity index is 21.0. The average Bonchev–Trinajstić information content (AvgIpc) is 1.75. The van der Waals surface area contributed by atoms with E-state index in [1.54, 1.807) is 12.2 Å². The molecule has 0 saturated carbocycles. The first kappa shape index (κ1) is 23.6. The molecule has 0 aromatic carbocycles. The van der Waals surface area contributed by atoms with Crippen molar-refractivity contribution in [2.45, 2.75) is 35.1 Å². The first-order valence-corrected chi connectivity index (χ1v) is 2.97. The van der Waals surface area contributed by atoms with Crippen LogP contribution in [0.2, 0.25) is 0 Å². The van der Waals surface area contributed by atoms with Crippen molar-refractivity contribution in [3.8, 4) is 0 Å². The van der Waals surface area contributed by atoms with Crippen molar-refractivity contribution in [3.63, 3.8) is 0 Å². The summed E-state index contributed by atoms with van der Waals surface area (Å²) < 4.78 is 0. The lowest BCUT2D eigenvalue weighted by Crippen LogP contribution is -1.07. The molecule has 0 aliphatic heterocycles. The Hall–Kier alpha value is -0.520. The van der Waals surface area contributed by atoms with Crippen LogP contribution in [0.5, 0.6) is 0 Å².